The second-order valence-electron chi connectivity index (χ2n) is 7.99. The molecule has 1 aliphatic carbocycles. The van der Waals surface area contributed by atoms with E-state index in [2.05, 4.69) is 10.1 Å². The number of pyridine rings is 2. The first kappa shape index (κ1) is 19.3. The molecule has 0 radical (unpaired) electrons. The maximum absolute atomic E-state index is 13.3. The molecule has 9 heteroatoms. The summed E-state index contributed by atoms with van der Waals surface area (Å²) in [6, 6.07) is 5.41. The van der Waals surface area contributed by atoms with Crippen LogP contribution in [-0.4, -0.2) is 52.1 Å². The zero-order valence-electron chi connectivity index (χ0n) is 16.8. The normalized spacial score (nSPS) is 23.6. The molecule has 158 valence electrons. The molecule has 1 aliphatic heterocycles. The van der Waals surface area contributed by atoms with Crippen molar-refractivity contribution in [3.8, 4) is 11.6 Å². The molecule has 3 aromatic heterocycles. The number of fused-ring (bicyclic) bond motifs is 1. The Morgan fingerprint density at radius 2 is 2.03 bits per heavy atom. The van der Waals surface area contributed by atoms with Crippen molar-refractivity contribution in [2.24, 2.45) is 0 Å². The van der Waals surface area contributed by atoms with Gasteiger partial charge in [0.1, 0.15) is 17.5 Å². The molecule has 5 rings (SSSR count). The van der Waals surface area contributed by atoms with Crippen molar-refractivity contribution in [2.75, 3.05) is 20.3 Å². The Bertz CT molecular complexity index is 1090. The molecule has 2 fully saturated rings. The second kappa shape index (κ2) is 6.95. The molecular formula is C21H22F2N4O3. The van der Waals surface area contributed by atoms with E-state index in [9.17, 15) is 8.78 Å². The molecule has 0 bridgehead atoms. The summed E-state index contributed by atoms with van der Waals surface area (Å²) in [5.74, 6) is -1.66. The first-order chi connectivity index (χ1) is 14.4. The summed E-state index contributed by atoms with van der Waals surface area (Å²) in [4.78, 5) is 9.11. The number of nitrogens with zero attached hydrogens (tertiary/aromatic N) is 4. The summed E-state index contributed by atoms with van der Waals surface area (Å²) in [6.45, 7) is 2.83. The van der Waals surface area contributed by atoms with Crippen LogP contribution < -0.4 is 4.74 Å². The second-order valence-corrected chi connectivity index (χ2v) is 7.99. The fourth-order valence-corrected chi connectivity index (χ4v) is 4.00. The molecular weight excluding hydrogens is 394 g/mol. The van der Waals surface area contributed by atoms with Crippen molar-refractivity contribution >= 4 is 10.9 Å². The lowest BCUT2D eigenvalue weighted by atomic mass is 9.91. The molecule has 30 heavy (non-hydrogen) atoms. The number of halogens is 2. The first-order valence-electron chi connectivity index (χ1n) is 9.88. The van der Waals surface area contributed by atoms with Crippen LogP contribution in [0.15, 0.2) is 30.6 Å². The van der Waals surface area contributed by atoms with Crippen LogP contribution in [0.25, 0.3) is 16.7 Å². The van der Waals surface area contributed by atoms with Gasteiger partial charge in [0.05, 0.1) is 24.0 Å². The summed E-state index contributed by atoms with van der Waals surface area (Å²) in [7, 11) is 1.62. The lowest BCUT2D eigenvalue weighted by Crippen LogP contribution is -2.43. The van der Waals surface area contributed by atoms with E-state index < -0.39 is 17.6 Å². The van der Waals surface area contributed by atoms with Gasteiger partial charge in [0, 0.05) is 62.4 Å². The van der Waals surface area contributed by atoms with Gasteiger partial charge in [-0.25, -0.2) is 18.4 Å². The average Bonchev–Trinajstić information content (AvgIpc) is 3.34. The van der Waals surface area contributed by atoms with Crippen LogP contribution in [-0.2, 0) is 15.1 Å². The molecule has 1 atom stereocenters. The third-order valence-electron chi connectivity index (χ3n) is 5.79. The lowest BCUT2D eigenvalue weighted by Gasteiger charge is -2.35. The summed E-state index contributed by atoms with van der Waals surface area (Å²) in [6.07, 6.45) is 3.02. The fraction of sp³-hybridized carbons (Fsp3) is 0.476. The Balaban J connectivity index is 1.59. The van der Waals surface area contributed by atoms with Gasteiger partial charge in [-0.2, -0.15) is 5.10 Å². The quantitative estimate of drug-likeness (QED) is 0.633. The highest BCUT2D eigenvalue weighted by Gasteiger charge is 2.47. The topological polar surface area (TPSA) is 71.3 Å². The van der Waals surface area contributed by atoms with Crippen LogP contribution in [0.1, 0.15) is 30.7 Å². The molecule has 2 aliphatic rings. The Morgan fingerprint density at radius 3 is 2.73 bits per heavy atom. The molecule has 3 aromatic rings. The number of hydrogen-bond acceptors (Lipinski definition) is 6. The molecule has 1 unspecified atom stereocenters. The SMILES string of the molecule is COC1(c2cc(OC3CC(F)(F)C3)cc(-n3ncc4cnc(C)cc43)n2)CCOC1. The fourth-order valence-electron chi connectivity index (χ4n) is 4.00. The number of ether oxygens (including phenoxy) is 3. The first-order valence-corrected chi connectivity index (χ1v) is 9.88. The molecule has 0 spiro atoms. The van der Waals surface area contributed by atoms with Crippen LogP contribution in [0.4, 0.5) is 8.78 Å². The molecule has 1 saturated heterocycles. The summed E-state index contributed by atoms with van der Waals surface area (Å²) in [5, 5.41) is 5.34. The predicted octanol–water partition coefficient (Wildman–Crippen LogP) is 3.56. The molecule has 1 saturated carbocycles. The Morgan fingerprint density at radius 1 is 1.20 bits per heavy atom. The maximum atomic E-state index is 13.3. The van der Waals surface area contributed by atoms with Gasteiger partial charge in [-0.15, -0.1) is 0 Å². The van der Waals surface area contributed by atoms with Crippen LogP contribution in [0.2, 0.25) is 0 Å². The third kappa shape index (κ3) is 3.31. The maximum Gasteiger partial charge on any atom is 0.255 e. The van der Waals surface area contributed by atoms with E-state index in [1.54, 1.807) is 36.3 Å². The number of aromatic nitrogens is 4. The van der Waals surface area contributed by atoms with E-state index in [-0.39, 0.29) is 12.8 Å². The zero-order chi connectivity index (χ0) is 20.9. The van der Waals surface area contributed by atoms with Crippen molar-refractivity contribution in [2.45, 2.75) is 43.8 Å². The van der Waals surface area contributed by atoms with Gasteiger partial charge >= 0.3 is 0 Å². The third-order valence-corrected chi connectivity index (χ3v) is 5.79. The van der Waals surface area contributed by atoms with Gasteiger partial charge in [0.25, 0.3) is 5.92 Å². The molecule has 0 N–H and O–H groups in total. The summed E-state index contributed by atoms with van der Waals surface area (Å²) < 4.78 is 45.5. The highest BCUT2D eigenvalue weighted by Crippen LogP contribution is 2.41. The van der Waals surface area contributed by atoms with Crippen molar-refractivity contribution in [1.29, 1.82) is 0 Å². The van der Waals surface area contributed by atoms with Gasteiger partial charge in [0.15, 0.2) is 5.82 Å². The van der Waals surface area contributed by atoms with E-state index in [0.29, 0.717) is 36.9 Å². The van der Waals surface area contributed by atoms with E-state index in [4.69, 9.17) is 19.2 Å². The molecule has 7 nitrogen and oxygen atoms in total. The average molecular weight is 416 g/mol. The highest BCUT2D eigenvalue weighted by molar-refractivity contribution is 5.79. The standard InChI is InChI=1S/C21H22F2N4O3/c1-13-5-17-14(10-24-13)11-25-27(17)19-7-15(30-16-8-21(22,23)9-16)6-18(26-19)20(28-2)3-4-29-12-20/h5-7,10-11,16H,3-4,8-9,12H2,1-2H3. The summed E-state index contributed by atoms with van der Waals surface area (Å²) >= 11 is 0. The smallest absolute Gasteiger partial charge is 0.255 e. The number of methoxy groups -OCH3 is 1. The van der Waals surface area contributed by atoms with Crippen LogP contribution in [0.5, 0.6) is 5.75 Å². The lowest BCUT2D eigenvalue weighted by molar-refractivity contribution is -0.134. The Labute approximate surface area is 172 Å². The van der Waals surface area contributed by atoms with E-state index >= 15 is 0 Å². The molecule has 4 heterocycles. The van der Waals surface area contributed by atoms with Crippen molar-refractivity contribution in [3.63, 3.8) is 0 Å². The van der Waals surface area contributed by atoms with Crippen LogP contribution in [0, 0.1) is 6.92 Å². The van der Waals surface area contributed by atoms with E-state index in [1.807, 2.05) is 13.0 Å². The Hall–Kier alpha value is -2.65. The molecule has 0 aromatic carbocycles. The van der Waals surface area contributed by atoms with E-state index in [1.165, 1.54) is 0 Å². The number of rotatable bonds is 5. The summed E-state index contributed by atoms with van der Waals surface area (Å²) in [5.41, 5.74) is 1.63. The van der Waals surface area contributed by atoms with Gasteiger partial charge < -0.3 is 14.2 Å². The van der Waals surface area contributed by atoms with Crippen LogP contribution in [0.3, 0.4) is 0 Å². The number of hydrogen-bond donors (Lipinski definition) is 0. The predicted molar refractivity (Wildman–Crippen MR) is 104 cm³/mol. The van der Waals surface area contributed by atoms with Gasteiger partial charge in [-0.3, -0.25) is 4.98 Å². The number of aryl methyl sites for hydroxylation is 1. The minimum absolute atomic E-state index is 0.284. The highest BCUT2D eigenvalue weighted by atomic mass is 19.3. The Kier molecular flexibility index (Phi) is 4.48. The van der Waals surface area contributed by atoms with Crippen molar-refractivity contribution in [1.82, 2.24) is 19.7 Å². The zero-order valence-corrected chi connectivity index (χ0v) is 16.8. The van der Waals surface area contributed by atoms with Crippen LogP contribution >= 0.6 is 0 Å². The van der Waals surface area contributed by atoms with Gasteiger partial charge in [0.2, 0.25) is 0 Å². The largest absolute Gasteiger partial charge is 0.490 e. The number of alkyl halides is 2. The van der Waals surface area contributed by atoms with Gasteiger partial charge in [-0.1, -0.05) is 0 Å². The van der Waals surface area contributed by atoms with Crippen molar-refractivity contribution < 1.29 is 23.0 Å². The monoisotopic (exact) mass is 416 g/mol. The minimum atomic E-state index is -2.65. The van der Waals surface area contributed by atoms with E-state index in [0.717, 1.165) is 16.6 Å². The minimum Gasteiger partial charge on any atom is -0.490 e. The van der Waals surface area contributed by atoms with Crippen molar-refractivity contribution in [3.05, 3.63) is 42.0 Å². The molecule has 0 amide bonds. The van der Waals surface area contributed by atoms with Gasteiger partial charge in [-0.05, 0) is 13.0 Å².